The van der Waals surface area contributed by atoms with Crippen molar-refractivity contribution in [2.75, 3.05) is 5.32 Å². The summed E-state index contributed by atoms with van der Waals surface area (Å²) in [4.78, 5) is 22.5. The third kappa shape index (κ3) is 4.12. The summed E-state index contributed by atoms with van der Waals surface area (Å²) in [5, 5.41) is 14.1. The van der Waals surface area contributed by atoms with Crippen molar-refractivity contribution in [2.45, 2.75) is 6.61 Å². The highest BCUT2D eigenvalue weighted by molar-refractivity contribution is 6.36. The highest BCUT2D eigenvalue weighted by Crippen LogP contribution is 2.35. The Balaban J connectivity index is 1.45. The quantitative estimate of drug-likeness (QED) is 0.353. The molecule has 0 radical (unpaired) electrons. The largest absolute Gasteiger partial charge is 0.489 e. The third-order valence-electron chi connectivity index (χ3n) is 4.51. The van der Waals surface area contributed by atoms with Gasteiger partial charge in [0, 0.05) is 28.3 Å². The second-order valence-electron chi connectivity index (χ2n) is 6.48. The Kier molecular flexibility index (Phi) is 5.01. The van der Waals surface area contributed by atoms with E-state index in [1.165, 1.54) is 12.1 Å². The molecular weight excluding hydrogens is 392 g/mol. The predicted octanol–water partition coefficient (Wildman–Crippen LogP) is 5.32. The number of ether oxygens (including phenoxy) is 1. The average molecular weight is 407 g/mol. The van der Waals surface area contributed by atoms with Crippen LogP contribution in [0.3, 0.4) is 0 Å². The number of nitrogens with one attached hydrogen (secondary N) is 1. The summed E-state index contributed by atoms with van der Waals surface area (Å²) in [5.74, 6) is 0.495. The van der Waals surface area contributed by atoms with Gasteiger partial charge in [0.25, 0.3) is 11.6 Å². The Morgan fingerprint density at radius 2 is 1.76 bits per heavy atom. The molecule has 7 heteroatoms. The zero-order chi connectivity index (χ0) is 20.4. The van der Waals surface area contributed by atoms with E-state index in [4.69, 9.17) is 16.3 Å². The number of amides is 1. The van der Waals surface area contributed by atoms with Crippen LogP contribution in [-0.2, 0) is 11.4 Å². The van der Waals surface area contributed by atoms with E-state index in [2.05, 4.69) is 5.32 Å². The molecule has 0 aromatic heterocycles. The molecule has 0 atom stereocenters. The molecule has 144 valence electrons. The van der Waals surface area contributed by atoms with Crippen molar-refractivity contribution in [3.63, 3.8) is 0 Å². The van der Waals surface area contributed by atoms with Crippen molar-refractivity contribution in [1.29, 1.82) is 0 Å². The molecule has 0 spiro atoms. The lowest BCUT2D eigenvalue weighted by atomic mass is 10.0. The highest BCUT2D eigenvalue weighted by atomic mass is 35.5. The van der Waals surface area contributed by atoms with Gasteiger partial charge in [-0.05, 0) is 53.6 Å². The summed E-state index contributed by atoms with van der Waals surface area (Å²) in [6.45, 7) is 0.301. The molecule has 4 rings (SSSR count). The number of carbonyl (C=O) groups excluding carboxylic acids is 1. The Bertz CT molecular complexity index is 1120. The Morgan fingerprint density at radius 1 is 1.03 bits per heavy atom. The van der Waals surface area contributed by atoms with Crippen LogP contribution in [-0.4, -0.2) is 10.8 Å². The van der Waals surface area contributed by atoms with Crippen LogP contribution in [0.5, 0.6) is 5.75 Å². The molecule has 1 N–H and O–H groups in total. The van der Waals surface area contributed by atoms with Gasteiger partial charge < -0.3 is 10.1 Å². The monoisotopic (exact) mass is 406 g/mol. The number of non-ortho nitro benzene ring substituents is 1. The number of carbonyl (C=O) groups is 1. The first-order valence-electron chi connectivity index (χ1n) is 8.79. The fourth-order valence-corrected chi connectivity index (χ4v) is 3.19. The molecule has 3 aromatic rings. The minimum Gasteiger partial charge on any atom is -0.489 e. The van der Waals surface area contributed by atoms with E-state index in [0.29, 0.717) is 28.6 Å². The molecule has 0 saturated heterocycles. The van der Waals surface area contributed by atoms with Gasteiger partial charge in [-0.3, -0.25) is 14.9 Å². The number of nitro benzene ring substituents is 1. The first-order valence-corrected chi connectivity index (χ1v) is 9.16. The molecule has 0 unspecified atom stereocenters. The van der Waals surface area contributed by atoms with Crippen LogP contribution in [0.15, 0.2) is 66.7 Å². The lowest BCUT2D eigenvalue weighted by molar-refractivity contribution is -0.384. The Labute approximate surface area is 171 Å². The lowest BCUT2D eigenvalue weighted by Gasteiger charge is -2.07. The zero-order valence-corrected chi connectivity index (χ0v) is 15.8. The molecule has 1 amide bonds. The van der Waals surface area contributed by atoms with Crippen molar-refractivity contribution in [2.24, 2.45) is 0 Å². The molecule has 0 aliphatic carbocycles. The molecule has 0 bridgehead atoms. The van der Waals surface area contributed by atoms with E-state index in [-0.39, 0.29) is 11.6 Å². The molecule has 29 heavy (non-hydrogen) atoms. The summed E-state index contributed by atoms with van der Waals surface area (Å²) in [7, 11) is 0. The minimum atomic E-state index is -0.435. The fraction of sp³-hybridized carbons (Fsp3) is 0.0455. The maximum Gasteiger partial charge on any atom is 0.269 e. The van der Waals surface area contributed by atoms with Crippen molar-refractivity contribution >= 4 is 40.5 Å². The standard InChI is InChI=1S/C22H15ClN2O4/c23-16-5-10-19-20(22(26)24-21(19)12-16)11-14-3-8-18(9-4-14)29-13-15-1-6-17(7-2-15)25(27)28/h1-12H,13H2,(H,24,26)/b20-11+. The van der Waals surface area contributed by atoms with Crippen molar-refractivity contribution in [3.05, 3.63) is 98.6 Å². The minimum absolute atomic E-state index is 0.0472. The second kappa shape index (κ2) is 7.77. The van der Waals surface area contributed by atoms with E-state index in [9.17, 15) is 14.9 Å². The van der Waals surface area contributed by atoms with Crippen LogP contribution in [0.4, 0.5) is 11.4 Å². The van der Waals surface area contributed by atoms with Crippen LogP contribution in [0, 0.1) is 10.1 Å². The van der Waals surface area contributed by atoms with Gasteiger partial charge in [-0.1, -0.05) is 29.8 Å². The molecule has 1 heterocycles. The van der Waals surface area contributed by atoms with E-state index >= 15 is 0 Å². The summed E-state index contributed by atoms with van der Waals surface area (Å²) < 4.78 is 5.72. The summed E-state index contributed by atoms with van der Waals surface area (Å²) >= 11 is 5.98. The van der Waals surface area contributed by atoms with Gasteiger partial charge >= 0.3 is 0 Å². The highest BCUT2D eigenvalue weighted by Gasteiger charge is 2.23. The SMILES string of the molecule is O=C1Nc2cc(Cl)ccc2/C1=C\c1ccc(OCc2ccc([N+](=O)[O-])cc2)cc1. The van der Waals surface area contributed by atoms with E-state index in [1.54, 1.807) is 24.3 Å². The van der Waals surface area contributed by atoms with Gasteiger partial charge in [0.05, 0.1) is 10.6 Å². The van der Waals surface area contributed by atoms with E-state index in [0.717, 1.165) is 16.7 Å². The molecule has 6 nitrogen and oxygen atoms in total. The van der Waals surface area contributed by atoms with Gasteiger partial charge in [-0.25, -0.2) is 0 Å². The maximum atomic E-state index is 12.2. The smallest absolute Gasteiger partial charge is 0.269 e. The first-order chi connectivity index (χ1) is 14.0. The predicted molar refractivity (Wildman–Crippen MR) is 112 cm³/mol. The van der Waals surface area contributed by atoms with Gasteiger partial charge in [-0.2, -0.15) is 0 Å². The van der Waals surface area contributed by atoms with Crippen molar-refractivity contribution in [1.82, 2.24) is 0 Å². The number of nitro groups is 1. The molecular formula is C22H15ClN2O4. The number of anilines is 1. The van der Waals surface area contributed by atoms with Crippen molar-refractivity contribution in [3.8, 4) is 5.75 Å². The van der Waals surface area contributed by atoms with Gasteiger partial charge in [0.15, 0.2) is 0 Å². The molecule has 1 aliphatic heterocycles. The lowest BCUT2D eigenvalue weighted by Crippen LogP contribution is -2.03. The van der Waals surface area contributed by atoms with Gasteiger partial charge in [0.1, 0.15) is 12.4 Å². The number of hydrogen-bond donors (Lipinski definition) is 1. The van der Waals surface area contributed by atoms with E-state index < -0.39 is 4.92 Å². The maximum absolute atomic E-state index is 12.2. The van der Waals surface area contributed by atoms with Gasteiger partial charge in [0.2, 0.25) is 0 Å². The Hall–Kier alpha value is -3.64. The van der Waals surface area contributed by atoms with Crippen LogP contribution in [0.1, 0.15) is 16.7 Å². The molecule has 0 fully saturated rings. The number of benzene rings is 3. The third-order valence-corrected chi connectivity index (χ3v) is 4.74. The van der Waals surface area contributed by atoms with Crippen LogP contribution < -0.4 is 10.1 Å². The first kappa shape index (κ1) is 18.7. The number of rotatable bonds is 5. The number of nitrogens with zero attached hydrogens (tertiary/aromatic N) is 1. The average Bonchev–Trinajstić information content (AvgIpc) is 3.02. The molecule has 3 aromatic carbocycles. The second-order valence-corrected chi connectivity index (χ2v) is 6.92. The molecule has 0 saturated carbocycles. The summed E-state index contributed by atoms with van der Waals surface area (Å²) in [5.41, 5.74) is 3.84. The number of halogens is 1. The van der Waals surface area contributed by atoms with Crippen LogP contribution >= 0.6 is 11.6 Å². The Morgan fingerprint density at radius 3 is 2.45 bits per heavy atom. The van der Waals surface area contributed by atoms with Crippen molar-refractivity contribution < 1.29 is 14.5 Å². The summed E-state index contributed by atoms with van der Waals surface area (Å²) in [6, 6.07) is 18.9. The van der Waals surface area contributed by atoms with Crippen LogP contribution in [0.2, 0.25) is 5.02 Å². The summed E-state index contributed by atoms with van der Waals surface area (Å²) in [6.07, 6.45) is 1.81. The number of hydrogen-bond acceptors (Lipinski definition) is 4. The van der Waals surface area contributed by atoms with E-state index in [1.807, 2.05) is 36.4 Å². The number of fused-ring (bicyclic) bond motifs is 1. The normalized spacial score (nSPS) is 13.8. The van der Waals surface area contributed by atoms with Gasteiger partial charge in [-0.15, -0.1) is 0 Å². The van der Waals surface area contributed by atoms with Crippen LogP contribution in [0.25, 0.3) is 11.6 Å². The molecule has 1 aliphatic rings. The fourth-order valence-electron chi connectivity index (χ4n) is 3.02. The zero-order valence-electron chi connectivity index (χ0n) is 15.1. The topological polar surface area (TPSA) is 81.5 Å².